The van der Waals surface area contributed by atoms with Crippen molar-refractivity contribution in [3.63, 3.8) is 0 Å². The Bertz CT molecular complexity index is 389. The van der Waals surface area contributed by atoms with Gasteiger partial charge < -0.3 is 9.47 Å². The fourth-order valence-electron chi connectivity index (χ4n) is 1.06. The number of hydrogen-bond donors (Lipinski definition) is 0. The number of halogens is 1. The lowest BCUT2D eigenvalue weighted by atomic mass is 10.2. The summed E-state index contributed by atoms with van der Waals surface area (Å²) in [6.07, 6.45) is 0. The van der Waals surface area contributed by atoms with E-state index in [4.69, 9.17) is 9.47 Å². The largest absolute Gasteiger partial charge is 0.462 e. The van der Waals surface area contributed by atoms with Crippen molar-refractivity contribution in [2.24, 2.45) is 0 Å². The van der Waals surface area contributed by atoms with Crippen molar-refractivity contribution in [2.75, 3.05) is 11.9 Å². The number of rotatable bonds is 4. The van der Waals surface area contributed by atoms with Crippen LogP contribution in [0, 0.1) is 0 Å². The Balaban J connectivity index is 2.78. The molecule has 0 amide bonds. The summed E-state index contributed by atoms with van der Waals surface area (Å²) < 4.78 is 9.76. The third kappa shape index (κ3) is 3.66. The molecule has 5 heteroatoms. The smallest absolute Gasteiger partial charge is 0.338 e. The molecular weight excluding hydrogens is 276 g/mol. The monoisotopic (exact) mass is 286 g/mol. The summed E-state index contributed by atoms with van der Waals surface area (Å²) in [7, 11) is 0. The average Bonchev–Trinajstić information content (AvgIpc) is 2.29. The fraction of sp³-hybridized carbons (Fsp3) is 0.273. The topological polar surface area (TPSA) is 52.6 Å². The van der Waals surface area contributed by atoms with Crippen LogP contribution in [0.2, 0.25) is 0 Å². The standard InChI is InChI=1S/C11H11BrO4/c1-2-15-11(14)8-4-3-5-9(6-8)16-10(13)7-12/h3-6H,2,7H2,1H3. The molecule has 0 aliphatic heterocycles. The third-order valence-corrected chi connectivity index (χ3v) is 2.14. The van der Waals surface area contributed by atoms with E-state index in [1.807, 2.05) is 0 Å². The van der Waals surface area contributed by atoms with Crippen molar-refractivity contribution in [1.82, 2.24) is 0 Å². The Hall–Kier alpha value is -1.36. The van der Waals surface area contributed by atoms with E-state index in [1.165, 1.54) is 6.07 Å². The maximum atomic E-state index is 11.4. The highest BCUT2D eigenvalue weighted by Crippen LogP contribution is 2.14. The highest BCUT2D eigenvalue weighted by Gasteiger charge is 2.08. The van der Waals surface area contributed by atoms with Crippen LogP contribution in [0.15, 0.2) is 24.3 Å². The highest BCUT2D eigenvalue weighted by atomic mass is 79.9. The third-order valence-electron chi connectivity index (χ3n) is 1.69. The SMILES string of the molecule is CCOC(=O)c1cccc(OC(=O)CBr)c1. The Kier molecular flexibility index (Phi) is 4.98. The van der Waals surface area contributed by atoms with Gasteiger partial charge in [-0.1, -0.05) is 22.0 Å². The minimum Gasteiger partial charge on any atom is -0.462 e. The normalized spacial score (nSPS) is 9.62. The fourth-order valence-corrected chi connectivity index (χ4v) is 1.17. The van der Waals surface area contributed by atoms with Crippen LogP contribution in [-0.2, 0) is 9.53 Å². The first-order chi connectivity index (χ1) is 7.67. The van der Waals surface area contributed by atoms with Crippen molar-refractivity contribution in [1.29, 1.82) is 0 Å². The van der Waals surface area contributed by atoms with E-state index in [0.29, 0.717) is 17.9 Å². The molecule has 0 fully saturated rings. The van der Waals surface area contributed by atoms with E-state index in [1.54, 1.807) is 25.1 Å². The number of alkyl halides is 1. The number of carbonyl (C=O) groups is 2. The highest BCUT2D eigenvalue weighted by molar-refractivity contribution is 9.09. The van der Waals surface area contributed by atoms with Crippen LogP contribution in [0.25, 0.3) is 0 Å². The molecule has 0 spiro atoms. The second kappa shape index (κ2) is 6.27. The van der Waals surface area contributed by atoms with Crippen molar-refractivity contribution >= 4 is 27.9 Å². The first kappa shape index (κ1) is 12.7. The summed E-state index contributed by atoms with van der Waals surface area (Å²) in [6, 6.07) is 6.30. The minimum absolute atomic E-state index is 0.108. The van der Waals surface area contributed by atoms with Crippen LogP contribution < -0.4 is 4.74 Å². The van der Waals surface area contributed by atoms with Gasteiger partial charge in [0.25, 0.3) is 0 Å². The lowest BCUT2D eigenvalue weighted by molar-refractivity contribution is -0.131. The van der Waals surface area contributed by atoms with Gasteiger partial charge in [-0.05, 0) is 25.1 Å². The van der Waals surface area contributed by atoms with Crippen LogP contribution >= 0.6 is 15.9 Å². The minimum atomic E-state index is -0.431. The van der Waals surface area contributed by atoms with Crippen molar-refractivity contribution in [3.8, 4) is 5.75 Å². The summed E-state index contributed by atoms with van der Waals surface area (Å²) >= 11 is 2.98. The molecule has 0 aliphatic rings. The molecule has 0 aromatic heterocycles. The summed E-state index contributed by atoms with van der Waals surface area (Å²) in [5.41, 5.74) is 0.363. The predicted octanol–water partition coefficient (Wildman–Crippen LogP) is 2.16. The molecule has 1 rings (SSSR count). The second-order valence-electron chi connectivity index (χ2n) is 2.86. The van der Waals surface area contributed by atoms with Gasteiger partial charge in [-0.25, -0.2) is 4.79 Å². The van der Waals surface area contributed by atoms with Crippen molar-refractivity contribution in [2.45, 2.75) is 6.92 Å². The number of benzene rings is 1. The number of ether oxygens (including phenoxy) is 2. The maximum absolute atomic E-state index is 11.4. The Morgan fingerprint density at radius 2 is 2.12 bits per heavy atom. The Morgan fingerprint density at radius 3 is 2.75 bits per heavy atom. The Labute approximate surface area is 102 Å². The van der Waals surface area contributed by atoms with Crippen molar-refractivity contribution in [3.05, 3.63) is 29.8 Å². The Morgan fingerprint density at radius 1 is 1.38 bits per heavy atom. The van der Waals surface area contributed by atoms with Crippen LogP contribution in [0.1, 0.15) is 17.3 Å². The summed E-state index contributed by atoms with van der Waals surface area (Å²) in [6.45, 7) is 2.04. The number of hydrogen-bond acceptors (Lipinski definition) is 4. The summed E-state index contributed by atoms with van der Waals surface area (Å²) in [5, 5.41) is 0.108. The zero-order valence-electron chi connectivity index (χ0n) is 8.73. The zero-order chi connectivity index (χ0) is 12.0. The quantitative estimate of drug-likeness (QED) is 0.484. The molecule has 0 radical (unpaired) electrons. The van der Waals surface area contributed by atoms with Crippen LogP contribution in [-0.4, -0.2) is 23.9 Å². The van der Waals surface area contributed by atoms with Gasteiger partial charge in [-0.2, -0.15) is 0 Å². The van der Waals surface area contributed by atoms with E-state index in [0.717, 1.165) is 0 Å². The molecule has 0 saturated carbocycles. The van der Waals surface area contributed by atoms with E-state index in [2.05, 4.69) is 15.9 Å². The molecule has 0 bridgehead atoms. The molecule has 1 aromatic carbocycles. The summed E-state index contributed by atoms with van der Waals surface area (Å²) in [5.74, 6) is -0.518. The first-order valence-corrected chi connectivity index (χ1v) is 5.83. The molecular formula is C11H11BrO4. The molecule has 0 aliphatic carbocycles. The number of carbonyl (C=O) groups excluding carboxylic acids is 2. The maximum Gasteiger partial charge on any atom is 0.338 e. The van der Waals surface area contributed by atoms with Crippen LogP contribution in [0.3, 0.4) is 0 Å². The lowest BCUT2D eigenvalue weighted by Crippen LogP contribution is -2.10. The second-order valence-corrected chi connectivity index (χ2v) is 3.42. The van der Waals surface area contributed by atoms with Crippen LogP contribution in [0.5, 0.6) is 5.75 Å². The molecule has 86 valence electrons. The predicted molar refractivity (Wildman–Crippen MR) is 61.8 cm³/mol. The van der Waals surface area contributed by atoms with E-state index in [9.17, 15) is 9.59 Å². The van der Waals surface area contributed by atoms with E-state index < -0.39 is 11.9 Å². The van der Waals surface area contributed by atoms with Gasteiger partial charge in [-0.3, -0.25) is 4.79 Å². The van der Waals surface area contributed by atoms with E-state index in [-0.39, 0.29) is 5.33 Å². The van der Waals surface area contributed by atoms with Gasteiger partial charge in [0.05, 0.1) is 12.2 Å². The molecule has 1 aromatic rings. The molecule has 0 N–H and O–H groups in total. The van der Waals surface area contributed by atoms with Gasteiger partial charge in [0.1, 0.15) is 11.1 Å². The molecule has 0 saturated heterocycles. The average molecular weight is 287 g/mol. The van der Waals surface area contributed by atoms with Crippen LogP contribution in [0.4, 0.5) is 0 Å². The van der Waals surface area contributed by atoms with Gasteiger partial charge in [0.15, 0.2) is 0 Å². The molecule has 0 heterocycles. The molecule has 0 atom stereocenters. The lowest BCUT2D eigenvalue weighted by Gasteiger charge is -2.05. The van der Waals surface area contributed by atoms with Gasteiger partial charge in [-0.15, -0.1) is 0 Å². The van der Waals surface area contributed by atoms with Crippen molar-refractivity contribution < 1.29 is 19.1 Å². The van der Waals surface area contributed by atoms with Gasteiger partial charge >= 0.3 is 11.9 Å². The molecule has 4 nitrogen and oxygen atoms in total. The van der Waals surface area contributed by atoms with Gasteiger partial charge in [0.2, 0.25) is 0 Å². The van der Waals surface area contributed by atoms with Gasteiger partial charge in [0, 0.05) is 0 Å². The molecule has 16 heavy (non-hydrogen) atoms. The first-order valence-electron chi connectivity index (χ1n) is 4.71. The summed E-state index contributed by atoms with van der Waals surface area (Å²) in [4.78, 5) is 22.4. The van der Waals surface area contributed by atoms with E-state index >= 15 is 0 Å². The number of esters is 2. The molecule has 0 unspecified atom stereocenters. The zero-order valence-corrected chi connectivity index (χ0v) is 10.3.